The van der Waals surface area contributed by atoms with Gasteiger partial charge in [-0.3, -0.25) is 0 Å². The van der Waals surface area contributed by atoms with Crippen molar-refractivity contribution in [3.63, 3.8) is 0 Å². The van der Waals surface area contributed by atoms with Crippen molar-refractivity contribution in [1.29, 1.82) is 0 Å². The maximum atomic E-state index is 5.45. The van der Waals surface area contributed by atoms with E-state index in [1.54, 1.807) is 21.3 Å². The molecule has 0 radical (unpaired) electrons. The summed E-state index contributed by atoms with van der Waals surface area (Å²) >= 11 is 0. The monoisotopic (exact) mass is 288 g/mol. The molecule has 0 bridgehead atoms. The van der Waals surface area contributed by atoms with Gasteiger partial charge in [0.25, 0.3) is 0 Å². The highest BCUT2D eigenvalue weighted by Gasteiger charge is 2.21. The van der Waals surface area contributed by atoms with Gasteiger partial charge in [0.2, 0.25) is 12.5 Å². The summed E-state index contributed by atoms with van der Waals surface area (Å²) in [7, 11) is 4.83. The van der Waals surface area contributed by atoms with E-state index in [1.165, 1.54) is 0 Å². The van der Waals surface area contributed by atoms with Gasteiger partial charge in [0, 0.05) is 0 Å². The minimum absolute atomic E-state index is 0.209. The van der Waals surface area contributed by atoms with Crippen molar-refractivity contribution in [2.45, 2.75) is 0 Å². The van der Waals surface area contributed by atoms with E-state index in [4.69, 9.17) is 23.7 Å². The van der Waals surface area contributed by atoms with Crippen molar-refractivity contribution in [3.8, 4) is 39.9 Å². The first-order valence-corrected chi connectivity index (χ1v) is 6.47. The molecule has 0 saturated carbocycles. The zero-order chi connectivity index (χ0) is 14.8. The fourth-order valence-corrected chi connectivity index (χ4v) is 2.31. The highest BCUT2D eigenvalue weighted by Crippen LogP contribution is 2.45. The van der Waals surface area contributed by atoms with E-state index in [-0.39, 0.29) is 6.79 Å². The third kappa shape index (κ3) is 2.31. The van der Waals surface area contributed by atoms with Gasteiger partial charge in [-0.2, -0.15) is 0 Å². The second-order valence-corrected chi connectivity index (χ2v) is 4.48. The molecule has 3 rings (SSSR count). The van der Waals surface area contributed by atoms with E-state index in [1.807, 2.05) is 30.3 Å². The van der Waals surface area contributed by atoms with Crippen molar-refractivity contribution in [2.24, 2.45) is 0 Å². The number of rotatable bonds is 4. The Labute approximate surface area is 123 Å². The van der Waals surface area contributed by atoms with Gasteiger partial charge in [-0.1, -0.05) is 6.07 Å². The van der Waals surface area contributed by atoms with Crippen molar-refractivity contribution in [2.75, 3.05) is 28.1 Å². The van der Waals surface area contributed by atoms with Crippen molar-refractivity contribution < 1.29 is 23.7 Å². The Morgan fingerprint density at radius 3 is 2.19 bits per heavy atom. The fraction of sp³-hybridized carbons (Fsp3) is 0.250. The lowest BCUT2D eigenvalue weighted by Gasteiger charge is -2.11. The molecule has 0 unspecified atom stereocenters. The Kier molecular flexibility index (Phi) is 3.48. The van der Waals surface area contributed by atoms with Crippen LogP contribution in [-0.2, 0) is 0 Å². The van der Waals surface area contributed by atoms with Gasteiger partial charge in [0.1, 0.15) is 0 Å². The Morgan fingerprint density at radius 1 is 0.762 bits per heavy atom. The molecule has 0 spiro atoms. The van der Waals surface area contributed by atoms with Gasteiger partial charge in [0.05, 0.1) is 21.3 Å². The molecule has 0 saturated heterocycles. The summed E-state index contributed by atoms with van der Waals surface area (Å²) < 4.78 is 26.8. The van der Waals surface area contributed by atoms with Crippen LogP contribution in [0, 0.1) is 0 Å². The first kappa shape index (κ1) is 13.4. The minimum Gasteiger partial charge on any atom is -0.493 e. The van der Waals surface area contributed by atoms with E-state index in [2.05, 4.69) is 0 Å². The molecule has 2 aromatic rings. The summed E-state index contributed by atoms with van der Waals surface area (Å²) in [6.07, 6.45) is 0. The average molecular weight is 288 g/mol. The maximum Gasteiger partial charge on any atom is 0.231 e. The quantitative estimate of drug-likeness (QED) is 0.865. The minimum atomic E-state index is 0.209. The molecule has 1 aliphatic rings. The fourth-order valence-electron chi connectivity index (χ4n) is 2.31. The predicted molar refractivity (Wildman–Crippen MR) is 77.7 cm³/mol. The number of ether oxygens (including phenoxy) is 5. The molecule has 0 atom stereocenters. The standard InChI is InChI=1S/C16H16O5/c1-17-12-5-4-10(6-13(12)18-2)11-7-14(19-3)16-15(8-11)20-9-21-16/h4-8H,9H2,1-3H3. The van der Waals surface area contributed by atoms with Crippen LogP contribution in [0.15, 0.2) is 30.3 Å². The van der Waals surface area contributed by atoms with Crippen LogP contribution in [0.3, 0.4) is 0 Å². The normalized spacial score (nSPS) is 12.1. The molecule has 1 aliphatic heterocycles. The Bertz CT molecular complexity index is 666. The van der Waals surface area contributed by atoms with Gasteiger partial charge >= 0.3 is 0 Å². The second kappa shape index (κ2) is 5.44. The first-order chi connectivity index (χ1) is 10.3. The Hall–Kier alpha value is -2.56. The van der Waals surface area contributed by atoms with Gasteiger partial charge in [-0.25, -0.2) is 0 Å². The highest BCUT2D eigenvalue weighted by molar-refractivity contribution is 5.73. The number of benzene rings is 2. The summed E-state index contributed by atoms with van der Waals surface area (Å²) in [5.41, 5.74) is 1.93. The third-order valence-corrected chi connectivity index (χ3v) is 3.38. The SMILES string of the molecule is COc1ccc(-c2cc(OC)c3c(c2)OCO3)cc1OC. The van der Waals surface area contributed by atoms with Crippen LogP contribution in [0.4, 0.5) is 0 Å². The molecule has 5 nitrogen and oxygen atoms in total. The zero-order valence-corrected chi connectivity index (χ0v) is 12.1. The molecule has 5 heteroatoms. The van der Waals surface area contributed by atoms with Crippen LogP contribution in [-0.4, -0.2) is 28.1 Å². The molecule has 1 heterocycles. The highest BCUT2D eigenvalue weighted by atomic mass is 16.7. The van der Waals surface area contributed by atoms with Gasteiger partial charge < -0.3 is 23.7 Å². The summed E-state index contributed by atoms with van der Waals surface area (Å²) in [5, 5.41) is 0. The van der Waals surface area contributed by atoms with Crippen molar-refractivity contribution in [1.82, 2.24) is 0 Å². The Balaban J connectivity index is 2.08. The molecule has 2 aromatic carbocycles. The molecule has 0 amide bonds. The molecule has 0 fully saturated rings. The summed E-state index contributed by atoms with van der Waals surface area (Å²) in [5.74, 6) is 3.33. The van der Waals surface area contributed by atoms with Crippen LogP contribution in [0.5, 0.6) is 28.7 Å². The van der Waals surface area contributed by atoms with Crippen LogP contribution in [0.25, 0.3) is 11.1 Å². The lowest BCUT2D eigenvalue weighted by atomic mass is 10.0. The molecule has 0 aliphatic carbocycles. The summed E-state index contributed by atoms with van der Waals surface area (Å²) in [6, 6.07) is 9.57. The smallest absolute Gasteiger partial charge is 0.231 e. The third-order valence-electron chi connectivity index (χ3n) is 3.38. The topological polar surface area (TPSA) is 46.2 Å². The lowest BCUT2D eigenvalue weighted by Crippen LogP contribution is -1.93. The molecule has 110 valence electrons. The van der Waals surface area contributed by atoms with Crippen LogP contribution >= 0.6 is 0 Å². The molecular formula is C16H16O5. The number of methoxy groups -OCH3 is 3. The van der Waals surface area contributed by atoms with Gasteiger partial charge in [-0.05, 0) is 35.4 Å². The maximum absolute atomic E-state index is 5.45. The number of hydrogen-bond acceptors (Lipinski definition) is 5. The molecule has 0 N–H and O–H groups in total. The second-order valence-electron chi connectivity index (χ2n) is 4.48. The van der Waals surface area contributed by atoms with E-state index in [0.717, 1.165) is 11.1 Å². The van der Waals surface area contributed by atoms with Gasteiger partial charge in [0.15, 0.2) is 23.0 Å². The number of hydrogen-bond donors (Lipinski definition) is 0. The molecule has 21 heavy (non-hydrogen) atoms. The van der Waals surface area contributed by atoms with Crippen LogP contribution in [0.1, 0.15) is 0 Å². The summed E-state index contributed by atoms with van der Waals surface area (Å²) in [4.78, 5) is 0. The van der Waals surface area contributed by atoms with Crippen LogP contribution in [0.2, 0.25) is 0 Å². The van der Waals surface area contributed by atoms with E-state index >= 15 is 0 Å². The number of fused-ring (bicyclic) bond motifs is 1. The predicted octanol–water partition coefficient (Wildman–Crippen LogP) is 3.11. The zero-order valence-electron chi connectivity index (χ0n) is 12.1. The largest absolute Gasteiger partial charge is 0.493 e. The Morgan fingerprint density at radius 2 is 1.48 bits per heavy atom. The summed E-state index contributed by atoms with van der Waals surface area (Å²) in [6.45, 7) is 0.209. The van der Waals surface area contributed by atoms with E-state index in [0.29, 0.717) is 28.7 Å². The average Bonchev–Trinajstić information content (AvgIpc) is 3.01. The van der Waals surface area contributed by atoms with E-state index < -0.39 is 0 Å². The molecule has 0 aromatic heterocycles. The van der Waals surface area contributed by atoms with Crippen LogP contribution < -0.4 is 23.7 Å². The van der Waals surface area contributed by atoms with E-state index in [9.17, 15) is 0 Å². The molecular weight excluding hydrogens is 272 g/mol. The van der Waals surface area contributed by atoms with Gasteiger partial charge in [-0.15, -0.1) is 0 Å². The first-order valence-electron chi connectivity index (χ1n) is 6.47. The van der Waals surface area contributed by atoms with Crippen molar-refractivity contribution in [3.05, 3.63) is 30.3 Å². The van der Waals surface area contributed by atoms with Crippen molar-refractivity contribution >= 4 is 0 Å². The lowest BCUT2D eigenvalue weighted by molar-refractivity contribution is 0.171.